The Hall–Kier alpha value is -2.41. The van der Waals surface area contributed by atoms with Crippen molar-refractivity contribution in [1.82, 2.24) is 20.2 Å². The SMILES string of the molecule is O=C1COc2ccc(F)cc2CCCC[C@@H]2CN(Cc3ncc[nH]3)CC[C@@H]2N1. The largest absolute Gasteiger partial charge is 0.483 e. The standard InChI is InChI=1S/C21H27FN4O2/c22-17-5-6-19-15(11-17)3-1-2-4-16-12-26(13-20-23-8-9-24-20)10-7-18(16)25-21(27)14-28-19/h5-6,8-9,11,16,18H,1-4,7,10,12-14H2,(H,23,24)(H,25,27)/t16-,18+/m1/s1. The minimum Gasteiger partial charge on any atom is -0.483 e. The molecule has 0 unspecified atom stereocenters. The maximum absolute atomic E-state index is 13.6. The normalized spacial score (nSPS) is 24.1. The zero-order valence-electron chi connectivity index (χ0n) is 16.0. The van der Waals surface area contributed by atoms with Gasteiger partial charge in [-0.15, -0.1) is 0 Å². The molecule has 1 amide bonds. The molecule has 1 fully saturated rings. The predicted molar refractivity (Wildman–Crippen MR) is 103 cm³/mol. The summed E-state index contributed by atoms with van der Waals surface area (Å²) >= 11 is 0. The highest BCUT2D eigenvalue weighted by atomic mass is 19.1. The number of imidazole rings is 1. The summed E-state index contributed by atoms with van der Waals surface area (Å²) in [6, 6.07) is 4.71. The Morgan fingerprint density at radius 2 is 2.21 bits per heavy atom. The summed E-state index contributed by atoms with van der Waals surface area (Å²) in [4.78, 5) is 22.3. The van der Waals surface area contributed by atoms with Gasteiger partial charge in [0.2, 0.25) is 0 Å². The fourth-order valence-corrected chi connectivity index (χ4v) is 4.33. The number of piperidine rings is 1. The van der Waals surface area contributed by atoms with E-state index in [1.807, 2.05) is 6.20 Å². The van der Waals surface area contributed by atoms with E-state index in [-0.39, 0.29) is 24.4 Å². The summed E-state index contributed by atoms with van der Waals surface area (Å²) in [5.41, 5.74) is 0.841. The average Bonchev–Trinajstić information content (AvgIpc) is 3.18. The van der Waals surface area contributed by atoms with Crippen LogP contribution >= 0.6 is 0 Å². The van der Waals surface area contributed by atoms with E-state index in [9.17, 15) is 9.18 Å². The van der Waals surface area contributed by atoms with Gasteiger partial charge < -0.3 is 15.0 Å². The number of likely N-dealkylation sites (tertiary alicyclic amines) is 1. The third-order valence-corrected chi connectivity index (χ3v) is 5.75. The van der Waals surface area contributed by atoms with E-state index in [1.165, 1.54) is 12.1 Å². The number of benzene rings is 1. The number of aromatic nitrogens is 2. The monoisotopic (exact) mass is 386 g/mol. The van der Waals surface area contributed by atoms with Crippen LogP contribution in [0, 0.1) is 11.7 Å². The number of carbonyl (C=O) groups excluding carboxylic acids is 1. The number of fused-ring (bicyclic) bond motifs is 2. The fourth-order valence-electron chi connectivity index (χ4n) is 4.33. The van der Waals surface area contributed by atoms with Gasteiger partial charge in [0.15, 0.2) is 6.61 Å². The number of ether oxygens (including phenoxy) is 1. The second-order valence-corrected chi connectivity index (χ2v) is 7.78. The van der Waals surface area contributed by atoms with Crippen LogP contribution in [0.3, 0.4) is 0 Å². The van der Waals surface area contributed by atoms with Gasteiger partial charge in [0.05, 0.1) is 6.54 Å². The number of nitrogens with zero attached hydrogens (tertiary/aromatic N) is 2. The van der Waals surface area contributed by atoms with Crippen molar-refractivity contribution in [3.63, 3.8) is 0 Å². The Balaban J connectivity index is 1.43. The lowest BCUT2D eigenvalue weighted by molar-refractivity contribution is -0.124. The molecule has 4 rings (SSSR count). The molecule has 6 nitrogen and oxygen atoms in total. The molecule has 0 aliphatic carbocycles. The van der Waals surface area contributed by atoms with Crippen LogP contribution in [-0.2, 0) is 17.8 Å². The lowest BCUT2D eigenvalue weighted by Gasteiger charge is -2.39. The van der Waals surface area contributed by atoms with Crippen molar-refractivity contribution in [2.24, 2.45) is 5.92 Å². The molecule has 0 radical (unpaired) electrons. The molecule has 0 bridgehead atoms. The molecule has 28 heavy (non-hydrogen) atoms. The van der Waals surface area contributed by atoms with Crippen LogP contribution in [0.25, 0.3) is 0 Å². The zero-order valence-corrected chi connectivity index (χ0v) is 16.0. The molecule has 2 N–H and O–H groups in total. The van der Waals surface area contributed by atoms with E-state index in [4.69, 9.17) is 4.74 Å². The maximum Gasteiger partial charge on any atom is 0.258 e. The summed E-state index contributed by atoms with van der Waals surface area (Å²) in [6.07, 6.45) is 8.39. The van der Waals surface area contributed by atoms with E-state index >= 15 is 0 Å². The molecule has 1 saturated heterocycles. The first-order chi connectivity index (χ1) is 13.7. The molecule has 3 heterocycles. The molecule has 0 spiro atoms. The van der Waals surface area contributed by atoms with Crippen LogP contribution < -0.4 is 10.1 Å². The van der Waals surface area contributed by atoms with Gasteiger partial charge in [-0.1, -0.05) is 6.42 Å². The highest BCUT2D eigenvalue weighted by molar-refractivity contribution is 5.78. The number of carbonyl (C=O) groups is 1. The van der Waals surface area contributed by atoms with Crippen molar-refractivity contribution in [2.45, 2.75) is 44.7 Å². The van der Waals surface area contributed by atoms with E-state index in [0.717, 1.165) is 63.1 Å². The Morgan fingerprint density at radius 1 is 1.29 bits per heavy atom. The fraction of sp³-hybridized carbons (Fsp3) is 0.524. The summed E-state index contributed by atoms with van der Waals surface area (Å²) in [5, 5.41) is 3.17. The average molecular weight is 386 g/mol. The van der Waals surface area contributed by atoms with Crippen molar-refractivity contribution < 1.29 is 13.9 Å². The van der Waals surface area contributed by atoms with Crippen molar-refractivity contribution in [3.8, 4) is 5.75 Å². The van der Waals surface area contributed by atoms with Gasteiger partial charge in [-0.3, -0.25) is 9.69 Å². The summed E-state index contributed by atoms with van der Waals surface area (Å²) < 4.78 is 19.3. The van der Waals surface area contributed by atoms with E-state index < -0.39 is 0 Å². The zero-order chi connectivity index (χ0) is 19.3. The number of rotatable bonds is 2. The first-order valence-electron chi connectivity index (χ1n) is 10.1. The Kier molecular flexibility index (Phi) is 5.90. The van der Waals surface area contributed by atoms with E-state index in [1.54, 1.807) is 12.3 Å². The van der Waals surface area contributed by atoms with Gasteiger partial charge in [0.25, 0.3) is 5.91 Å². The van der Waals surface area contributed by atoms with Gasteiger partial charge in [-0.05, 0) is 55.4 Å². The number of aryl methyl sites for hydroxylation is 1. The summed E-state index contributed by atoms with van der Waals surface area (Å²) in [7, 11) is 0. The number of aromatic amines is 1. The van der Waals surface area contributed by atoms with Gasteiger partial charge in [-0.25, -0.2) is 9.37 Å². The molecule has 2 atom stereocenters. The Morgan fingerprint density at radius 3 is 3.07 bits per heavy atom. The predicted octanol–water partition coefficient (Wildman–Crippen LogP) is 2.66. The van der Waals surface area contributed by atoms with Crippen LogP contribution in [0.5, 0.6) is 5.75 Å². The van der Waals surface area contributed by atoms with Gasteiger partial charge in [-0.2, -0.15) is 0 Å². The molecule has 1 aromatic carbocycles. The van der Waals surface area contributed by atoms with E-state index in [2.05, 4.69) is 20.2 Å². The molecule has 2 aliphatic rings. The van der Waals surface area contributed by atoms with Crippen LogP contribution in [-0.4, -0.2) is 46.5 Å². The lowest BCUT2D eigenvalue weighted by atomic mass is 9.87. The number of H-pyrrole nitrogens is 1. The molecule has 7 heteroatoms. The molecule has 0 saturated carbocycles. The first kappa shape index (κ1) is 18.9. The van der Waals surface area contributed by atoms with Crippen LogP contribution in [0.15, 0.2) is 30.6 Å². The minimum atomic E-state index is -0.264. The first-order valence-corrected chi connectivity index (χ1v) is 10.1. The minimum absolute atomic E-state index is 0.0298. The number of hydrogen-bond acceptors (Lipinski definition) is 4. The van der Waals surface area contributed by atoms with Gasteiger partial charge in [0.1, 0.15) is 17.4 Å². The number of halogens is 1. The maximum atomic E-state index is 13.6. The molecule has 150 valence electrons. The van der Waals surface area contributed by atoms with Crippen molar-refractivity contribution in [2.75, 3.05) is 19.7 Å². The number of hydrogen-bond donors (Lipinski definition) is 2. The summed E-state index contributed by atoms with van der Waals surface area (Å²) in [6.45, 7) is 2.65. The number of amides is 1. The third-order valence-electron chi connectivity index (χ3n) is 5.75. The van der Waals surface area contributed by atoms with E-state index in [0.29, 0.717) is 11.7 Å². The van der Waals surface area contributed by atoms with Crippen molar-refractivity contribution in [3.05, 3.63) is 47.8 Å². The van der Waals surface area contributed by atoms with Crippen LogP contribution in [0.1, 0.15) is 37.1 Å². The Bertz CT molecular complexity index is 796. The molecular weight excluding hydrogens is 359 g/mol. The lowest BCUT2D eigenvalue weighted by Crippen LogP contribution is -2.51. The smallest absolute Gasteiger partial charge is 0.258 e. The molecule has 1 aromatic heterocycles. The molecule has 2 aliphatic heterocycles. The second-order valence-electron chi connectivity index (χ2n) is 7.78. The summed E-state index contributed by atoms with van der Waals surface area (Å²) in [5.74, 6) is 1.62. The van der Waals surface area contributed by atoms with Crippen LogP contribution in [0.4, 0.5) is 4.39 Å². The van der Waals surface area contributed by atoms with Crippen LogP contribution in [0.2, 0.25) is 0 Å². The number of nitrogens with one attached hydrogen (secondary N) is 2. The molecular formula is C21H27FN4O2. The second kappa shape index (κ2) is 8.73. The van der Waals surface area contributed by atoms with Gasteiger partial charge >= 0.3 is 0 Å². The quantitative estimate of drug-likeness (QED) is 0.833. The highest BCUT2D eigenvalue weighted by Crippen LogP contribution is 2.27. The highest BCUT2D eigenvalue weighted by Gasteiger charge is 2.30. The van der Waals surface area contributed by atoms with Crippen molar-refractivity contribution >= 4 is 5.91 Å². The van der Waals surface area contributed by atoms with Gasteiger partial charge in [0, 0.05) is 31.5 Å². The third kappa shape index (κ3) is 4.70. The Labute approximate surface area is 164 Å². The molecule has 2 aromatic rings. The van der Waals surface area contributed by atoms with Crippen molar-refractivity contribution in [1.29, 1.82) is 0 Å². The topological polar surface area (TPSA) is 70.2 Å².